The lowest BCUT2D eigenvalue weighted by atomic mass is 9.79. The zero-order valence-corrected chi connectivity index (χ0v) is 54.5. The van der Waals surface area contributed by atoms with Crippen molar-refractivity contribution in [3.8, 4) is 23.0 Å². The quantitative estimate of drug-likeness (QED) is 0.0340. The summed E-state index contributed by atoms with van der Waals surface area (Å²) in [5.41, 5.74) is 6.70. The predicted octanol–water partition coefficient (Wildman–Crippen LogP) is 7.79. The van der Waals surface area contributed by atoms with E-state index in [-0.39, 0.29) is 78.3 Å². The SMILES string of the molecule is CCOC(=O)CNC(=O)COc1c2cc(C(C)(C)C)cc1Cc1cc(C(C)(C)C)cc(c1OCC(=O)NCC(=O)OCC)Cc1cc(C(C)(C)C)cc(c1OCC(=O)NCC(=O)OCC)Cc1cc(C(C)(C)C)cc(c1OCC(=O)NCC(=O)OCC)C2. The highest BCUT2D eigenvalue weighted by atomic mass is 16.5. The second-order valence-electron chi connectivity index (χ2n) is 25.7. The Morgan fingerprint density at radius 2 is 0.466 bits per heavy atom. The predicted molar refractivity (Wildman–Crippen MR) is 332 cm³/mol. The number of carbonyl (C=O) groups is 8. The van der Waals surface area contributed by atoms with Crippen LogP contribution in [-0.2, 0) is 105 Å². The number of nitrogens with one attached hydrogen (secondary N) is 4. The average Bonchev–Trinajstić information content (AvgIpc) is 1.14. The van der Waals surface area contributed by atoms with Crippen LogP contribution in [0.2, 0.25) is 0 Å². The molecule has 20 heteroatoms. The van der Waals surface area contributed by atoms with E-state index in [9.17, 15) is 38.4 Å². The van der Waals surface area contributed by atoms with Crippen LogP contribution in [0.3, 0.4) is 0 Å². The Balaban J connectivity index is 1.97. The van der Waals surface area contributed by atoms with Gasteiger partial charge in [-0.15, -0.1) is 0 Å². The number of fused-ring (bicyclic) bond motifs is 8. The second kappa shape index (κ2) is 31.1. The van der Waals surface area contributed by atoms with Crippen LogP contribution in [0.5, 0.6) is 23.0 Å². The summed E-state index contributed by atoms with van der Waals surface area (Å²) in [6, 6.07) is 16.2. The Bertz CT molecular complexity index is 2680. The summed E-state index contributed by atoms with van der Waals surface area (Å²) in [4.78, 5) is 105. The van der Waals surface area contributed by atoms with E-state index in [1.807, 2.05) is 48.5 Å². The molecule has 4 aromatic carbocycles. The standard InChI is InChI=1S/C68H92N4O16/c1-17-81-57(77)33-69-53(73)37-85-61-41-21-43-27-50(66(8,9)10)29-45(62(43)86-38-54(74)70-34-58(78)82-18-2)23-47-31-52(68(14,15)16)32-48(64(47)88-40-56(76)72-36-60(80)84-20-4)24-46-30-51(67(11,12)13)28-44(22-42(61)26-49(25-41)65(5,6)7)63(46)87-39-55(75)71-35-59(79)83-19-3/h25-32H,17-24,33-40H2,1-16H3,(H,69,73)(H,70,74)(H,71,75)(H,72,76). The van der Waals surface area contributed by atoms with Gasteiger partial charge in [0.1, 0.15) is 49.2 Å². The van der Waals surface area contributed by atoms with Crippen molar-refractivity contribution in [2.24, 2.45) is 0 Å². The minimum atomic E-state index is -0.621. The van der Waals surface area contributed by atoms with Gasteiger partial charge in [-0.2, -0.15) is 0 Å². The Labute approximate surface area is 518 Å². The molecule has 1 aliphatic rings. The molecule has 0 saturated carbocycles. The third-order valence-corrected chi connectivity index (χ3v) is 14.3. The van der Waals surface area contributed by atoms with Gasteiger partial charge in [-0.1, -0.05) is 132 Å². The van der Waals surface area contributed by atoms with E-state index in [0.717, 1.165) is 22.3 Å². The third kappa shape index (κ3) is 21.0. The minimum absolute atomic E-state index is 0.0992. The molecule has 8 bridgehead atoms. The first-order chi connectivity index (χ1) is 41.2. The summed E-state index contributed by atoms with van der Waals surface area (Å²) in [7, 11) is 0. The monoisotopic (exact) mass is 1220 g/mol. The first kappa shape index (κ1) is 70.6. The topological polar surface area (TPSA) is 259 Å². The van der Waals surface area contributed by atoms with Crippen LogP contribution in [-0.4, -0.2) is 127 Å². The number of amides is 4. The molecule has 4 amide bonds. The summed E-state index contributed by atoms with van der Waals surface area (Å²) in [5.74, 6) is -3.51. The van der Waals surface area contributed by atoms with E-state index in [1.54, 1.807) is 27.7 Å². The lowest BCUT2D eigenvalue weighted by molar-refractivity contribution is -0.144. The molecule has 0 radical (unpaired) electrons. The van der Waals surface area contributed by atoms with Crippen LogP contribution in [0.4, 0.5) is 0 Å². The molecule has 4 N–H and O–H groups in total. The molecule has 20 nitrogen and oxygen atoms in total. The van der Waals surface area contributed by atoms with Crippen molar-refractivity contribution in [2.75, 3.05) is 79.0 Å². The molecule has 0 saturated heterocycles. The minimum Gasteiger partial charge on any atom is -0.483 e. The first-order valence-corrected chi connectivity index (χ1v) is 30.1. The van der Waals surface area contributed by atoms with Crippen molar-refractivity contribution >= 4 is 47.5 Å². The Hall–Kier alpha value is -8.16. The molecule has 0 aromatic heterocycles. The summed E-state index contributed by atoms with van der Waals surface area (Å²) >= 11 is 0. The largest absolute Gasteiger partial charge is 0.483 e. The molecule has 0 atom stereocenters. The maximum Gasteiger partial charge on any atom is 0.325 e. The highest BCUT2D eigenvalue weighted by Gasteiger charge is 2.31. The summed E-state index contributed by atoms with van der Waals surface area (Å²) in [5, 5.41) is 10.4. The van der Waals surface area contributed by atoms with Crippen LogP contribution < -0.4 is 40.2 Å². The molecular formula is C68H92N4O16. The van der Waals surface area contributed by atoms with Crippen molar-refractivity contribution in [3.63, 3.8) is 0 Å². The fraction of sp³-hybridized carbons (Fsp3) is 0.529. The van der Waals surface area contributed by atoms with Crippen molar-refractivity contribution in [3.05, 3.63) is 115 Å². The molecule has 88 heavy (non-hydrogen) atoms. The Morgan fingerprint density at radius 3 is 0.602 bits per heavy atom. The zero-order chi connectivity index (χ0) is 65.3. The fourth-order valence-electron chi connectivity index (χ4n) is 9.65. The van der Waals surface area contributed by atoms with Gasteiger partial charge in [0.25, 0.3) is 23.6 Å². The highest BCUT2D eigenvalue weighted by Crippen LogP contribution is 2.44. The molecule has 0 aliphatic heterocycles. The van der Waals surface area contributed by atoms with Gasteiger partial charge in [0.15, 0.2) is 26.4 Å². The summed E-state index contributed by atoms with van der Waals surface area (Å²) < 4.78 is 47.3. The van der Waals surface area contributed by atoms with Crippen molar-refractivity contribution in [1.82, 2.24) is 21.3 Å². The van der Waals surface area contributed by atoms with Gasteiger partial charge in [-0.05, 0) is 116 Å². The van der Waals surface area contributed by atoms with E-state index >= 15 is 0 Å². The van der Waals surface area contributed by atoms with Gasteiger partial charge in [-0.25, -0.2) is 0 Å². The smallest absolute Gasteiger partial charge is 0.325 e. The molecule has 480 valence electrons. The van der Waals surface area contributed by atoms with E-state index in [0.29, 0.717) is 67.5 Å². The Kier molecular flexibility index (Phi) is 25.0. The number of esters is 4. The molecule has 0 heterocycles. The van der Waals surface area contributed by atoms with Crippen LogP contribution >= 0.6 is 0 Å². The van der Waals surface area contributed by atoms with Gasteiger partial charge in [-0.3, -0.25) is 38.4 Å². The first-order valence-electron chi connectivity index (χ1n) is 30.1. The fourth-order valence-corrected chi connectivity index (χ4v) is 9.65. The van der Waals surface area contributed by atoms with Gasteiger partial charge in [0.2, 0.25) is 0 Å². The van der Waals surface area contributed by atoms with Crippen LogP contribution in [0.1, 0.15) is 178 Å². The third-order valence-electron chi connectivity index (χ3n) is 14.3. The molecular weight excluding hydrogens is 1130 g/mol. The van der Waals surface area contributed by atoms with E-state index < -0.39 is 95.6 Å². The van der Waals surface area contributed by atoms with Crippen LogP contribution in [0.15, 0.2) is 48.5 Å². The molecule has 1 aliphatic carbocycles. The number of hydrogen-bond acceptors (Lipinski definition) is 16. The number of carbonyl (C=O) groups excluding carboxylic acids is 8. The highest BCUT2D eigenvalue weighted by molar-refractivity contribution is 5.85. The lowest BCUT2D eigenvalue weighted by Crippen LogP contribution is -2.34. The van der Waals surface area contributed by atoms with Gasteiger partial charge in [0.05, 0.1) is 26.4 Å². The number of hydrogen-bond donors (Lipinski definition) is 4. The molecule has 0 unspecified atom stereocenters. The van der Waals surface area contributed by atoms with Crippen molar-refractivity contribution in [2.45, 2.75) is 158 Å². The molecule has 0 fully saturated rings. The number of ether oxygens (including phenoxy) is 8. The van der Waals surface area contributed by atoms with E-state index in [2.05, 4.69) is 104 Å². The molecule has 0 spiro atoms. The molecule has 4 aromatic rings. The number of benzene rings is 4. The van der Waals surface area contributed by atoms with Gasteiger partial charge < -0.3 is 59.2 Å². The average molecular weight is 1220 g/mol. The lowest BCUT2D eigenvalue weighted by Gasteiger charge is -2.29. The Morgan fingerprint density at radius 1 is 0.307 bits per heavy atom. The summed E-state index contributed by atoms with van der Waals surface area (Å²) in [6.07, 6.45) is 0.397. The maximum atomic E-state index is 13.8. The maximum absolute atomic E-state index is 13.8. The second-order valence-corrected chi connectivity index (χ2v) is 25.7. The number of rotatable bonds is 24. The van der Waals surface area contributed by atoms with Gasteiger partial charge >= 0.3 is 23.9 Å². The van der Waals surface area contributed by atoms with E-state index in [4.69, 9.17) is 37.9 Å². The van der Waals surface area contributed by atoms with Crippen molar-refractivity contribution in [1.29, 1.82) is 0 Å². The summed E-state index contributed by atoms with van der Waals surface area (Å²) in [6.45, 7) is 28.5. The normalized spacial score (nSPS) is 12.4. The zero-order valence-electron chi connectivity index (χ0n) is 54.5. The van der Waals surface area contributed by atoms with Crippen LogP contribution in [0.25, 0.3) is 0 Å². The van der Waals surface area contributed by atoms with Gasteiger partial charge in [0, 0.05) is 25.7 Å². The van der Waals surface area contributed by atoms with Crippen molar-refractivity contribution < 1.29 is 76.3 Å². The van der Waals surface area contributed by atoms with E-state index in [1.165, 1.54) is 0 Å². The van der Waals surface area contributed by atoms with Crippen LogP contribution in [0, 0.1) is 0 Å². The molecule has 5 rings (SSSR count).